The third-order valence-electron chi connectivity index (χ3n) is 5.22. The van der Waals surface area contributed by atoms with Crippen LogP contribution in [0.1, 0.15) is 54.7 Å². The molecule has 4 aromatic rings. The first-order chi connectivity index (χ1) is 15.8. The number of nitrogens with two attached hydrogens (primary N) is 2. The smallest absolute Gasteiger partial charge is 0.398 e. The van der Waals surface area contributed by atoms with Gasteiger partial charge in [-0.1, -0.05) is 62.8 Å². The maximum absolute atomic E-state index is 12.4. The van der Waals surface area contributed by atoms with Crippen molar-refractivity contribution in [3.05, 3.63) is 72.4 Å². The molecule has 1 aliphatic rings. The van der Waals surface area contributed by atoms with Crippen LogP contribution in [0, 0.1) is 0 Å². The molecular formula is C24H26F3N5O. The molecule has 5 rings (SSSR count). The Balaban J connectivity index is 0.000000151. The standard InChI is InChI=1S/C10H7F3N2.C8H7N3O.C6H12/c11-10(12,13)9-5-7(14)6-3-1-2-4-8(6)15-9;9-8(12)7-6-3-1-2-4-11(6)5-10-7;1-2-4-6-5-3-1/h1-5H,(H2,14,15);1-5H,(H2,9,12);1-6H2. The van der Waals surface area contributed by atoms with Gasteiger partial charge in [0, 0.05) is 17.3 Å². The van der Waals surface area contributed by atoms with E-state index < -0.39 is 17.8 Å². The van der Waals surface area contributed by atoms with Crippen LogP contribution in [0.25, 0.3) is 16.4 Å². The Morgan fingerprint density at radius 3 is 2.15 bits per heavy atom. The number of pyridine rings is 2. The van der Waals surface area contributed by atoms with Crippen LogP contribution in [-0.4, -0.2) is 20.3 Å². The summed E-state index contributed by atoms with van der Waals surface area (Å²) in [5.41, 5.74) is 11.1. The minimum Gasteiger partial charge on any atom is -0.398 e. The fourth-order valence-corrected chi connectivity index (χ4v) is 3.54. The summed E-state index contributed by atoms with van der Waals surface area (Å²) in [4.78, 5) is 18.2. The second-order valence-electron chi connectivity index (χ2n) is 7.68. The molecule has 3 heterocycles. The van der Waals surface area contributed by atoms with Gasteiger partial charge in [-0.25, -0.2) is 9.97 Å². The third-order valence-corrected chi connectivity index (χ3v) is 5.22. The van der Waals surface area contributed by atoms with E-state index in [9.17, 15) is 18.0 Å². The molecule has 0 bridgehead atoms. The molecule has 174 valence electrons. The summed E-state index contributed by atoms with van der Waals surface area (Å²) in [5, 5.41) is 0.533. The average Bonchev–Trinajstić information content (AvgIpc) is 3.25. The normalized spacial score (nSPS) is 13.5. The molecule has 1 saturated carbocycles. The second-order valence-corrected chi connectivity index (χ2v) is 7.68. The lowest BCUT2D eigenvalue weighted by Crippen LogP contribution is -2.11. The lowest BCUT2D eigenvalue weighted by molar-refractivity contribution is -0.140. The highest BCUT2D eigenvalue weighted by Gasteiger charge is 2.33. The van der Waals surface area contributed by atoms with E-state index in [0.717, 1.165) is 11.6 Å². The summed E-state index contributed by atoms with van der Waals surface area (Å²) in [5.74, 6) is -0.497. The number of para-hydroxylation sites is 1. The number of rotatable bonds is 1. The lowest BCUT2D eigenvalue weighted by atomic mass is 10.0. The Bertz CT molecular complexity index is 1200. The van der Waals surface area contributed by atoms with E-state index in [-0.39, 0.29) is 11.2 Å². The largest absolute Gasteiger partial charge is 0.433 e. The van der Waals surface area contributed by atoms with Gasteiger partial charge in [-0.2, -0.15) is 13.2 Å². The summed E-state index contributed by atoms with van der Waals surface area (Å²) >= 11 is 0. The number of imidazole rings is 1. The van der Waals surface area contributed by atoms with Crippen LogP contribution in [-0.2, 0) is 6.18 Å². The minimum atomic E-state index is -4.46. The highest BCUT2D eigenvalue weighted by Crippen LogP contribution is 2.31. The maximum Gasteiger partial charge on any atom is 0.433 e. The quantitative estimate of drug-likeness (QED) is 0.388. The number of nitrogens with zero attached hydrogens (tertiary/aromatic N) is 3. The molecule has 3 aromatic heterocycles. The summed E-state index contributed by atoms with van der Waals surface area (Å²) in [6, 6.07) is 12.8. The molecule has 4 N–H and O–H groups in total. The topological polar surface area (TPSA) is 99.3 Å². The maximum atomic E-state index is 12.4. The van der Waals surface area contributed by atoms with Crippen LogP contribution in [0.15, 0.2) is 61.1 Å². The molecule has 0 spiro atoms. The number of primary amides is 1. The Kier molecular flexibility index (Phi) is 7.87. The van der Waals surface area contributed by atoms with Crippen LogP contribution in [0.2, 0.25) is 0 Å². The number of amides is 1. The van der Waals surface area contributed by atoms with Crippen molar-refractivity contribution in [1.82, 2.24) is 14.4 Å². The fraction of sp³-hybridized carbons (Fsp3) is 0.292. The number of hydrogen-bond acceptors (Lipinski definition) is 4. The number of fused-ring (bicyclic) bond motifs is 2. The first-order valence-corrected chi connectivity index (χ1v) is 10.7. The van der Waals surface area contributed by atoms with Gasteiger partial charge in [-0.15, -0.1) is 0 Å². The number of halogens is 3. The number of hydrogen-bond donors (Lipinski definition) is 2. The van der Waals surface area contributed by atoms with Crippen LogP contribution in [0.3, 0.4) is 0 Å². The van der Waals surface area contributed by atoms with Gasteiger partial charge >= 0.3 is 6.18 Å². The third kappa shape index (κ3) is 6.44. The van der Waals surface area contributed by atoms with E-state index >= 15 is 0 Å². The highest BCUT2D eigenvalue weighted by molar-refractivity contribution is 5.97. The molecule has 0 saturated heterocycles. The Morgan fingerprint density at radius 1 is 0.939 bits per heavy atom. The molecule has 1 aliphatic carbocycles. The summed E-state index contributed by atoms with van der Waals surface area (Å²) in [6.45, 7) is 0. The van der Waals surface area contributed by atoms with Gasteiger partial charge in [0.2, 0.25) is 0 Å². The summed E-state index contributed by atoms with van der Waals surface area (Å²) in [7, 11) is 0. The second kappa shape index (κ2) is 10.8. The van der Waals surface area contributed by atoms with Crippen molar-refractivity contribution < 1.29 is 18.0 Å². The van der Waals surface area contributed by atoms with E-state index in [4.69, 9.17) is 11.5 Å². The number of aromatic nitrogens is 3. The van der Waals surface area contributed by atoms with E-state index in [1.807, 2.05) is 18.3 Å². The zero-order valence-electron chi connectivity index (χ0n) is 18.1. The Labute approximate surface area is 189 Å². The molecule has 9 heteroatoms. The SMILES string of the molecule is C1CCCCC1.NC(=O)c1ncn2ccccc12.Nc1cc(C(F)(F)F)nc2ccccc12. The van der Waals surface area contributed by atoms with Gasteiger partial charge in [0.25, 0.3) is 5.91 Å². The molecule has 0 atom stereocenters. The van der Waals surface area contributed by atoms with Gasteiger partial charge in [0.15, 0.2) is 5.69 Å². The first-order valence-electron chi connectivity index (χ1n) is 10.7. The van der Waals surface area contributed by atoms with Gasteiger partial charge in [-0.3, -0.25) is 4.79 Å². The molecule has 0 unspecified atom stereocenters. The van der Waals surface area contributed by atoms with Gasteiger partial charge in [-0.05, 0) is 24.3 Å². The molecule has 0 aliphatic heterocycles. The van der Waals surface area contributed by atoms with E-state index in [1.54, 1.807) is 35.0 Å². The molecule has 6 nitrogen and oxygen atoms in total. The van der Waals surface area contributed by atoms with E-state index in [0.29, 0.717) is 11.1 Å². The summed E-state index contributed by atoms with van der Waals surface area (Å²) < 4.78 is 38.9. The summed E-state index contributed by atoms with van der Waals surface area (Å²) in [6.07, 6.45) is 7.92. The van der Waals surface area contributed by atoms with Crippen molar-refractivity contribution in [3.8, 4) is 0 Å². The lowest BCUT2D eigenvalue weighted by Gasteiger charge is -2.08. The van der Waals surface area contributed by atoms with Crippen LogP contribution < -0.4 is 11.5 Å². The van der Waals surface area contributed by atoms with E-state index in [2.05, 4.69) is 9.97 Å². The molecule has 0 radical (unpaired) electrons. The van der Waals surface area contributed by atoms with Crippen molar-refractivity contribution in [1.29, 1.82) is 0 Å². The minimum absolute atomic E-state index is 0.0907. The van der Waals surface area contributed by atoms with Crippen LogP contribution >= 0.6 is 0 Å². The zero-order chi connectivity index (χ0) is 23.8. The predicted molar refractivity (Wildman–Crippen MR) is 123 cm³/mol. The number of carbonyl (C=O) groups is 1. The van der Waals surface area contributed by atoms with Gasteiger partial charge in [0.05, 0.1) is 11.0 Å². The van der Waals surface area contributed by atoms with Crippen molar-refractivity contribution >= 4 is 28.0 Å². The fourth-order valence-electron chi connectivity index (χ4n) is 3.54. The zero-order valence-corrected chi connectivity index (χ0v) is 18.1. The number of alkyl halides is 3. The number of benzene rings is 1. The van der Waals surface area contributed by atoms with Crippen LogP contribution in [0.5, 0.6) is 0 Å². The van der Waals surface area contributed by atoms with Crippen molar-refractivity contribution in [3.63, 3.8) is 0 Å². The molecular weight excluding hydrogens is 431 g/mol. The van der Waals surface area contributed by atoms with Crippen molar-refractivity contribution in [2.75, 3.05) is 5.73 Å². The monoisotopic (exact) mass is 457 g/mol. The Morgan fingerprint density at radius 2 is 1.55 bits per heavy atom. The molecule has 1 aromatic carbocycles. The number of nitrogen functional groups attached to an aromatic ring is 1. The molecule has 1 amide bonds. The van der Waals surface area contributed by atoms with Gasteiger partial charge in [0.1, 0.15) is 12.0 Å². The van der Waals surface area contributed by atoms with Crippen LogP contribution in [0.4, 0.5) is 18.9 Å². The predicted octanol–water partition coefficient (Wildman–Crippen LogP) is 5.61. The Hall–Kier alpha value is -3.62. The highest BCUT2D eigenvalue weighted by atomic mass is 19.4. The van der Waals surface area contributed by atoms with Gasteiger partial charge < -0.3 is 15.9 Å². The average molecular weight is 458 g/mol. The first kappa shape index (κ1) is 24.0. The van der Waals surface area contributed by atoms with E-state index in [1.165, 1.54) is 44.6 Å². The molecule has 1 fully saturated rings. The molecule has 33 heavy (non-hydrogen) atoms. The van der Waals surface area contributed by atoms with Crippen molar-refractivity contribution in [2.24, 2.45) is 5.73 Å². The van der Waals surface area contributed by atoms with Crippen molar-refractivity contribution in [2.45, 2.75) is 44.7 Å². The number of anilines is 1. The number of carbonyl (C=O) groups excluding carboxylic acids is 1.